The van der Waals surface area contributed by atoms with E-state index >= 15 is 0 Å². The van der Waals surface area contributed by atoms with Gasteiger partial charge in [-0.1, -0.05) is 32.0 Å². The molecule has 28 heavy (non-hydrogen) atoms. The lowest BCUT2D eigenvalue weighted by molar-refractivity contribution is -0.138. The normalized spacial score (nSPS) is 24.4. The number of hydrogen-bond donors (Lipinski definition) is 2. The van der Waals surface area contributed by atoms with Gasteiger partial charge in [0.25, 0.3) is 0 Å². The zero-order valence-corrected chi connectivity index (χ0v) is 16.9. The number of rotatable bonds is 5. The molecule has 2 aliphatic rings. The van der Waals surface area contributed by atoms with Gasteiger partial charge >= 0.3 is 0 Å². The van der Waals surface area contributed by atoms with Gasteiger partial charge in [-0.25, -0.2) is 10.9 Å². The number of benzene rings is 1. The van der Waals surface area contributed by atoms with Gasteiger partial charge in [-0.2, -0.15) is 0 Å². The van der Waals surface area contributed by atoms with Gasteiger partial charge in [0.05, 0.1) is 18.7 Å². The van der Waals surface area contributed by atoms with Crippen LogP contribution >= 0.6 is 0 Å². The van der Waals surface area contributed by atoms with Crippen molar-refractivity contribution >= 4 is 5.91 Å². The summed E-state index contributed by atoms with van der Waals surface area (Å²) in [7, 11) is 0. The van der Waals surface area contributed by atoms with E-state index in [0.717, 1.165) is 24.4 Å². The number of para-hydroxylation sites is 1. The summed E-state index contributed by atoms with van der Waals surface area (Å²) in [5.41, 5.74) is 8.89. The number of amides is 1. The van der Waals surface area contributed by atoms with E-state index in [1.54, 1.807) is 0 Å². The summed E-state index contributed by atoms with van der Waals surface area (Å²) in [6.07, 6.45) is 2.83. The number of ether oxygens (including phenoxy) is 1. The molecule has 2 aromatic rings. The minimum absolute atomic E-state index is 0.0582. The zero-order valence-electron chi connectivity index (χ0n) is 16.9. The Balaban J connectivity index is 1.51. The molecule has 3 unspecified atom stereocenters. The minimum Gasteiger partial charge on any atom is -0.494 e. The van der Waals surface area contributed by atoms with Crippen LogP contribution in [-0.4, -0.2) is 34.6 Å². The third-order valence-electron chi connectivity index (χ3n) is 5.80. The van der Waals surface area contributed by atoms with Gasteiger partial charge in [-0.15, -0.1) is 0 Å². The van der Waals surface area contributed by atoms with E-state index in [9.17, 15) is 4.79 Å². The maximum absolute atomic E-state index is 13.4. The van der Waals surface area contributed by atoms with Crippen LogP contribution in [0.4, 0.5) is 0 Å². The molecule has 0 spiro atoms. The number of carbonyl (C=O) groups is 1. The van der Waals surface area contributed by atoms with Crippen LogP contribution in [0.5, 0.6) is 5.75 Å². The largest absolute Gasteiger partial charge is 0.494 e. The van der Waals surface area contributed by atoms with E-state index in [-0.39, 0.29) is 24.0 Å². The van der Waals surface area contributed by atoms with E-state index in [1.165, 1.54) is 5.69 Å². The highest BCUT2D eigenvalue weighted by Gasteiger charge is 2.39. The summed E-state index contributed by atoms with van der Waals surface area (Å²) in [5.74, 6) is 1.42. The van der Waals surface area contributed by atoms with Crippen molar-refractivity contribution in [2.75, 3.05) is 13.2 Å². The molecule has 3 atom stereocenters. The highest BCUT2D eigenvalue weighted by atomic mass is 16.5. The van der Waals surface area contributed by atoms with Crippen LogP contribution in [0.2, 0.25) is 0 Å². The molecule has 1 fully saturated rings. The average Bonchev–Trinajstić information content (AvgIpc) is 3.36. The Morgan fingerprint density at radius 3 is 2.79 bits per heavy atom. The van der Waals surface area contributed by atoms with Crippen molar-refractivity contribution in [1.29, 1.82) is 0 Å². The second-order valence-corrected chi connectivity index (χ2v) is 7.95. The molecule has 4 rings (SSSR count). The maximum atomic E-state index is 13.4. The second kappa shape index (κ2) is 7.97. The first-order valence-corrected chi connectivity index (χ1v) is 10.3. The predicted octanol–water partition coefficient (Wildman–Crippen LogP) is 3.03. The molecule has 1 aromatic heterocycles. The van der Waals surface area contributed by atoms with E-state index in [1.807, 2.05) is 25.1 Å². The molecule has 0 bridgehead atoms. The number of carbonyl (C=O) groups excluding carboxylic acids is 1. The SMILES string of the molecule is CCOc1ccccc1C1CC(C(=O)N2CCn3cccc3C2C(C)C)NN1. The molecular formula is C22H30N4O2. The summed E-state index contributed by atoms with van der Waals surface area (Å²) >= 11 is 0. The third kappa shape index (κ3) is 3.42. The van der Waals surface area contributed by atoms with Crippen molar-refractivity contribution in [3.63, 3.8) is 0 Å². The molecule has 1 aromatic carbocycles. The van der Waals surface area contributed by atoms with Gasteiger partial charge < -0.3 is 14.2 Å². The first-order valence-electron chi connectivity index (χ1n) is 10.3. The fourth-order valence-corrected chi connectivity index (χ4v) is 4.54. The third-order valence-corrected chi connectivity index (χ3v) is 5.80. The summed E-state index contributed by atoms with van der Waals surface area (Å²) < 4.78 is 8.05. The second-order valence-electron chi connectivity index (χ2n) is 7.95. The smallest absolute Gasteiger partial charge is 0.241 e. The predicted molar refractivity (Wildman–Crippen MR) is 109 cm³/mol. The molecule has 6 heteroatoms. The summed E-state index contributed by atoms with van der Waals surface area (Å²) in [6, 6.07) is 12.2. The van der Waals surface area contributed by atoms with Crippen LogP contribution in [0.25, 0.3) is 0 Å². The molecule has 0 saturated carbocycles. The lowest BCUT2D eigenvalue weighted by atomic mass is 9.95. The Labute approximate surface area is 166 Å². The summed E-state index contributed by atoms with van der Waals surface area (Å²) in [6.45, 7) is 8.60. The molecule has 2 N–H and O–H groups in total. The van der Waals surface area contributed by atoms with Gasteiger partial charge in [0, 0.05) is 30.5 Å². The molecule has 0 radical (unpaired) electrons. The Morgan fingerprint density at radius 1 is 1.18 bits per heavy atom. The highest BCUT2D eigenvalue weighted by Crippen LogP contribution is 2.35. The summed E-state index contributed by atoms with van der Waals surface area (Å²) in [5, 5.41) is 0. The van der Waals surface area contributed by atoms with E-state index < -0.39 is 0 Å². The van der Waals surface area contributed by atoms with Crippen LogP contribution in [0.15, 0.2) is 42.6 Å². The Kier molecular flexibility index (Phi) is 5.42. The quantitative estimate of drug-likeness (QED) is 0.835. The first kappa shape index (κ1) is 19.0. The van der Waals surface area contributed by atoms with Crippen molar-refractivity contribution < 1.29 is 9.53 Å². The van der Waals surface area contributed by atoms with Gasteiger partial charge in [-0.3, -0.25) is 4.79 Å². The van der Waals surface area contributed by atoms with E-state index in [0.29, 0.717) is 18.9 Å². The van der Waals surface area contributed by atoms with Crippen LogP contribution in [0, 0.1) is 5.92 Å². The van der Waals surface area contributed by atoms with Crippen molar-refractivity contribution in [3.05, 3.63) is 53.9 Å². The Morgan fingerprint density at radius 2 is 2.00 bits per heavy atom. The fraction of sp³-hybridized carbons (Fsp3) is 0.500. The van der Waals surface area contributed by atoms with Gasteiger partial charge in [0.15, 0.2) is 0 Å². The molecule has 6 nitrogen and oxygen atoms in total. The Bertz CT molecular complexity index is 831. The number of nitrogens with one attached hydrogen (secondary N) is 2. The lowest BCUT2D eigenvalue weighted by Gasteiger charge is -2.40. The van der Waals surface area contributed by atoms with E-state index in [2.05, 4.69) is 58.6 Å². The minimum atomic E-state index is -0.234. The zero-order chi connectivity index (χ0) is 19.7. The average molecular weight is 383 g/mol. The molecule has 3 heterocycles. The number of aromatic nitrogens is 1. The van der Waals surface area contributed by atoms with Crippen LogP contribution in [0.3, 0.4) is 0 Å². The van der Waals surface area contributed by atoms with Gasteiger partial charge in [0.1, 0.15) is 11.8 Å². The van der Waals surface area contributed by atoms with Crippen LogP contribution < -0.4 is 15.6 Å². The number of nitrogens with zero attached hydrogens (tertiary/aromatic N) is 2. The van der Waals surface area contributed by atoms with Crippen molar-refractivity contribution in [3.8, 4) is 5.75 Å². The number of hydrazine groups is 1. The standard InChI is InChI=1S/C22H30N4O2/c1-4-28-20-10-6-5-8-16(20)17-14-18(24-23-17)22(27)26-13-12-25-11-7-9-19(25)21(26)15(2)3/h5-11,15,17-18,21,23-24H,4,12-14H2,1-3H3. The summed E-state index contributed by atoms with van der Waals surface area (Å²) in [4.78, 5) is 15.5. The topological polar surface area (TPSA) is 58.5 Å². The molecule has 1 saturated heterocycles. The molecule has 0 aliphatic carbocycles. The van der Waals surface area contributed by atoms with Gasteiger partial charge in [0.2, 0.25) is 5.91 Å². The fourth-order valence-electron chi connectivity index (χ4n) is 4.54. The van der Waals surface area contributed by atoms with E-state index in [4.69, 9.17) is 4.74 Å². The molecule has 2 aliphatic heterocycles. The van der Waals surface area contributed by atoms with Crippen LogP contribution in [-0.2, 0) is 11.3 Å². The first-order chi connectivity index (χ1) is 13.6. The van der Waals surface area contributed by atoms with Gasteiger partial charge in [-0.05, 0) is 37.5 Å². The molecule has 150 valence electrons. The monoisotopic (exact) mass is 382 g/mol. The Hall–Kier alpha value is -2.31. The van der Waals surface area contributed by atoms with Crippen molar-refractivity contribution in [1.82, 2.24) is 20.3 Å². The highest BCUT2D eigenvalue weighted by molar-refractivity contribution is 5.83. The number of fused-ring (bicyclic) bond motifs is 1. The lowest BCUT2D eigenvalue weighted by Crippen LogP contribution is -2.51. The molecule has 1 amide bonds. The van der Waals surface area contributed by atoms with Crippen molar-refractivity contribution in [2.45, 2.75) is 51.9 Å². The maximum Gasteiger partial charge on any atom is 0.241 e. The molecular weight excluding hydrogens is 352 g/mol. The van der Waals surface area contributed by atoms with Crippen molar-refractivity contribution in [2.24, 2.45) is 5.92 Å². The van der Waals surface area contributed by atoms with Crippen LogP contribution in [0.1, 0.15) is 50.5 Å². The number of hydrogen-bond acceptors (Lipinski definition) is 4.